The van der Waals surface area contributed by atoms with Crippen LogP contribution in [0, 0.1) is 17.3 Å². The van der Waals surface area contributed by atoms with E-state index in [1.807, 2.05) is 0 Å². The van der Waals surface area contributed by atoms with Gasteiger partial charge in [-0.3, -0.25) is 4.79 Å². The number of hydrogen-bond acceptors (Lipinski definition) is 2. The van der Waals surface area contributed by atoms with Crippen molar-refractivity contribution in [3.05, 3.63) is 0 Å². The van der Waals surface area contributed by atoms with E-state index in [4.69, 9.17) is 0 Å². The van der Waals surface area contributed by atoms with Crippen molar-refractivity contribution >= 4 is 5.78 Å². The van der Waals surface area contributed by atoms with Crippen LogP contribution in [0.2, 0.25) is 0 Å². The molecule has 0 saturated heterocycles. The lowest BCUT2D eigenvalue weighted by atomic mass is 9.60. The van der Waals surface area contributed by atoms with Gasteiger partial charge in [-0.2, -0.15) is 0 Å². The number of carbonyl (C=O) groups is 1. The van der Waals surface area contributed by atoms with Gasteiger partial charge in [0.05, 0.1) is 5.60 Å². The van der Waals surface area contributed by atoms with Crippen molar-refractivity contribution in [3.63, 3.8) is 0 Å². The molecule has 0 aliphatic heterocycles. The van der Waals surface area contributed by atoms with E-state index in [1.54, 1.807) is 6.92 Å². The molecule has 2 heteroatoms. The molecule has 2 nitrogen and oxygen atoms in total. The summed E-state index contributed by atoms with van der Waals surface area (Å²) in [4.78, 5) is 11.5. The molecule has 0 spiro atoms. The van der Waals surface area contributed by atoms with Gasteiger partial charge < -0.3 is 5.11 Å². The van der Waals surface area contributed by atoms with Crippen LogP contribution in [0.1, 0.15) is 53.9 Å². The second kappa shape index (κ2) is 3.89. The van der Waals surface area contributed by atoms with Crippen LogP contribution in [0.15, 0.2) is 0 Å². The Morgan fingerprint density at radius 2 is 1.93 bits per heavy atom. The van der Waals surface area contributed by atoms with Crippen molar-refractivity contribution in [2.24, 2.45) is 17.3 Å². The molecule has 1 aliphatic carbocycles. The average molecular weight is 212 g/mol. The maximum absolute atomic E-state index is 11.5. The second-order valence-corrected chi connectivity index (χ2v) is 6.13. The SMILES string of the molecule is CC(=O)C1CCC(O)(C(C)C)CC1(C)C. The summed E-state index contributed by atoms with van der Waals surface area (Å²) < 4.78 is 0. The Morgan fingerprint density at radius 1 is 1.40 bits per heavy atom. The molecule has 1 aliphatic rings. The van der Waals surface area contributed by atoms with Crippen LogP contribution >= 0.6 is 0 Å². The van der Waals surface area contributed by atoms with E-state index in [9.17, 15) is 9.90 Å². The maximum Gasteiger partial charge on any atom is 0.133 e. The number of hydrogen-bond donors (Lipinski definition) is 1. The predicted molar refractivity (Wildman–Crippen MR) is 61.6 cm³/mol. The standard InChI is InChI=1S/C13H24O2/c1-9(2)13(15)7-6-11(10(3)14)12(4,5)8-13/h9,11,15H,6-8H2,1-5H3. The molecule has 88 valence electrons. The van der Waals surface area contributed by atoms with E-state index in [1.165, 1.54) is 0 Å². The van der Waals surface area contributed by atoms with E-state index >= 15 is 0 Å². The van der Waals surface area contributed by atoms with Crippen LogP contribution < -0.4 is 0 Å². The zero-order valence-corrected chi connectivity index (χ0v) is 10.6. The number of ketones is 1. The summed E-state index contributed by atoms with van der Waals surface area (Å²) in [6.07, 6.45) is 2.33. The lowest BCUT2D eigenvalue weighted by Crippen LogP contribution is -2.48. The van der Waals surface area contributed by atoms with Crippen LogP contribution in [0.25, 0.3) is 0 Å². The third kappa shape index (κ3) is 2.41. The lowest BCUT2D eigenvalue weighted by Gasteiger charge is -2.47. The van der Waals surface area contributed by atoms with Crippen molar-refractivity contribution in [3.8, 4) is 0 Å². The van der Waals surface area contributed by atoms with Gasteiger partial charge in [-0.05, 0) is 37.5 Å². The molecule has 2 atom stereocenters. The topological polar surface area (TPSA) is 37.3 Å². The summed E-state index contributed by atoms with van der Waals surface area (Å²) in [6, 6.07) is 0. The van der Waals surface area contributed by atoms with Gasteiger partial charge in [0.15, 0.2) is 0 Å². The summed E-state index contributed by atoms with van der Waals surface area (Å²) in [5.74, 6) is 0.659. The second-order valence-electron chi connectivity index (χ2n) is 6.13. The van der Waals surface area contributed by atoms with Crippen molar-refractivity contribution in [1.82, 2.24) is 0 Å². The molecule has 1 rings (SSSR count). The highest BCUT2D eigenvalue weighted by Crippen LogP contribution is 2.48. The molecule has 2 unspecified atom stereocenters. The third-order valence-corrected chi connectivity index (χ3v) is 4.14. The first-order valence-electron chi connectivity index (χ1n) is 5.92. The number of aliphatic hydroxyl groups is 1. The molecule has 1 saturated carbocycles. The molecule has 0 radical (unpaired) electrons. The minimum absolute atomic E-state index is 0.0664. The average Bonchev–Trinajstić information content (AvgIpc) is 2.00. The first kappa shape index (κ1) is 12.7. The van der Waals surface area contributed by atoms with Gasteiger partial charge in [-0.1, -0.05) is 27.7 Å². The molecule has 0 aromatic rings. The predicted octanol–water partition coefficient (Wildman–Crippen LogP) is 2.79. The Morgan fingerprint density at radius 3 is 2.27 bits per heavy atom. The molecular formula is C13H24O2. The van der Waals surface area contributed by atoms with Gasteiger partial charge in [0, 0.05) is 5.92 Å². The number of Topliss-reactive ketones (excluding diaryl/α,β-unsaturated/α-hetero) is 1. The van der Waals surface area contributed by atoms with Gasteiger partial charge >= 0.3 is 0 Å². The fourth-order valence-corrected chi connectivity index (χ4v) is 3.03. The molecule has 15 heavy (non-hydrogen) atoms. The highest BCUT2D eigenvalue weighted by Gasteiger charge is 2.47. The summed E-state index contributed by atoms with van der Waals surface area (Å²) >= 11 is 0. The smallest absolute Gasteiger partial charge is 0.133 e. The van der Waals surface area contributed by atoms with Gasteiger partial charge in [0.2, 0.25) is 0 Å². The summed E-state index contributed by atoms with van der Waals surface area (Å²) in [5.41, 5.74) is -0.640. The highest BCUT2D eigenvalue weighted by atomic mass is 16.3. The number of carbonyl (C=O) groups excluding carboxylic acids is 1. The van der Waals surface area contributed by atoms with E-state index in [0.29, 0.717) is 0 Å². The molecule has 0 aromatic carbocycles. The quantitative estimate of drug-likeness (QED) is 0.764. The Hall–Kier alpha value is -0.370. The minimum atomic E-state index is -0.574. The Bertz CT molecular complexity index is 255. The van der Waals surface area contributed by atoms with Crippen molar-refractivity contribution in [2.45, 2.75) is 59.5 Å². The van der Waals surface area contributed by atoms with Crippen molar-refractivity contribution in [1.29, 1.82) is 0 Å². The van der Waals surface area contributed by atoms with Gasteiger partial charge in [0.1, 0.15) is 5.78 Å². The van der Waals surface area contributed by atoms with E-state index < -0.39 is 5.60 Å². The Balaban J connectivity index is 2.85. The van der Waals surface area contributed by atoms with E-state index in [0.717, 1.165) is 19.3 Å². The minimum Gasteiger partial charge on any atom is -0.390 e. The largest absolute Gasteiger partial charge is 0.390 e. The molecule has 0 aromatic heterocycles. The van der Waals surface area contributed by atoms with Gasteiger partial charge in [-0.25, -0.2) is 0 Å². The van der Waals surface area contributed by atoms with Crippen molar-refractivity contribution in [2.75, 3.05) is 0 Å². The van der Waals surface area contributed by atoms with Crippen LogP contribution in [-0.4, -0.2) is 16.5 Å². The van der Waals surface area contributed by atoms with Crippen LogP contribution in [-0.2, 0) is 4.79 Å². The lowest BCUT2D eigenvalue weighted by molar-refractivity contribution is -0.136. The first-order valence-corrected chi connectivity index (χ1v) is 5.92. The summed E-state index contributed by atoms with van der Waals surface area (Å²) in [7, 11) is 0. The van der Waals surface area contributed by atoms with Crippen molar-refractivity contribution < 1.29 is 9.90 Å². The normalized spacial score (nSPS) is 35.5. The third-order valence-electron chi connectivity index (χ3n) is 4.14. The maximum atomic E-state index is 11.5. The summed E-state index contributed by atoms with van der Waals surface area (Å²) in [5, 5.41) is 10.5. The van der Waals surface area contributed by atoms with Crippen LogP contribution in [0.5, 0.6) is 0 Å². The zero-order chi connectivity index (χ0) is 11.9. The van der Waals surface area contributed by atoms with Gasteiger partial charge in [-0.15, -0.1) is 0 Å². The highest BCUT2D eigenvalue weighted by molar-refractivity contribution is 5.79. The molecule has 0 bridgehead atoms. The van der Waals surface area contributed by atoms with E-state index in [2.05, 4.69) is 27.7 Å². The van der Waals surface area contributed by atoms with E-state index in [-0.39, 0.29) is 23.0 Å². The van der Waals surface area contributed by atoms with Crippen LogP contribution in [0.3, 0.4) is 0 Å². The molecule has 1 fully saturated rings. The number of rotatable bonds is 2. The Labute approximate surface area is 93.1 Å². The first-order chi connectivity index (χ1) is 6.69. The molecule has 0 heterocycles. The monoisotopic (exact) mass is 212 g/mol. The fourth-order valence-electron chi connectivity index (χ4n) is 3.03. The fraction of sp³-hybridized carbons (Fsp3) is 0.923. The van der Waals surface area contributed by atoms with Crippen LogP contribution in [0.4, 0.5) is 0 Å². The molecule has 1 N–H and O–H groups in total. The molecular weight excluding hydrogens is 188 g/mol. The zero-order valence-electron chi connectivity index (χ0n) is 10.6. The Kier molecular flexibility index (Phi) is 3.30. The van der Waals surface area contributed by atoms with Gasteiger partial charge in [0.25, 0.3) is 0 Å². The molecule has 0 amide bonds. The summed E-state index contributed by atoms with van der Waals surface area (Å²) in [6.45, 7) is 10.00.